The van der Waals surface area contributed by atoms with E-state index in [1.807, 2.05) is 0 Å². The van der Waals surface area contributed by atoms with Crippen molar-refractivity contribution in [2.75, 3.05) is 13.1 Å². The predicted molar refractivity (Wildman–Crippen MR) is 66.3 cm³/mol. The molecule has 1 saturated heterocycles. The van der Waals surface area contributed by atoms with Crippen LogP contribution in [-0.4, -0.2) is 39.6 Å². The van der Waals surface area contributed by atoms with Crippen LogP contribution in [0, 0.1) is 0 Å². The number of aromatic nitrogens is 3. The van der Waals surface area contributed by atoms with Crippen molar-refractivity contribution in [2.24, 2.45) is 0 Å². The zero-order valence-electron chi connectivity index (χ0n) is 9.97. The fraction of sp³-hybridized carbons (Fsp3) is 0.417. The van der Waals surface area contributed by atoms with Gasteiger partial charge in [0, 0.05) is 25.0 Å². The second-order valence-electron chi connectivity index (χ2n) is 4.47. The summed E-state index contributed by atoms with van der Waals surface area (Å²) < 4.78 is 1.65. The normalized spacial score (nSPS) is 19.2. The number of rotatable bonds is 3. The van der Waals surface area contributed by atoms with Crippen LogP contribution in [-0.2, 0) is 0 Å². The lowest BCUT2D eigenvalue weighted by Gasteiger charge is -2.10. The van der Waals surface area contributed by atoms with Gasteiger partial charge in [0.05, 0.1) is 23.5 Å². The number of amides is 1. The summed E-state index contributed by atoms with van der Waals surface area (Å²) in [5.41, 5.74) is 1.30. The Hall–Kier alpha value is -1.95. The molecule has 6 heteroatoms. The highest BCUT2D eigenvalue weighted by atomic mass is 16.1. The lowest BCUT2D eigenvalue weighted by Crippen LogP contribution is -2.37. The van der Waals surface area contributed by atoms with Gasteiger partial charge in [-0.1, -0.05) is 0 Å². The van der Waals surface area contributed by atoms with Crippen LogP contribution in [0.5, 0.6) is 0 Å². The molecular formula is C12H15N5O. The fourth-order valence-corrected chi connectivity index (χ4v) is 2.25. The van der Waals surface area contributed by atoms with Gasteiger partial charge in [0.25, 0.3) is 5.91 Å². The molecule has 1 unspecified atom stereocenters. The predicted octanol–water partition coefficient (Wildman–Crippen LogP) is 0.211. The van der Waals surface area contributed by atoms with E-state index in [9.17, 15) is 4.79 Å². The largest absolute Gasteiger partial charge is 0.350 e. The topological polar surface area (TPSA) is 71.3 Å². The number of hydrogen-bond donors (Lipinski definition) is 2. The molecule has 1 atom stereocenters. The van der Waals surface area contributed by atoms with Crippen LogP contribution in [0.25, 0.3) is 5.52 Å². The third-order valence-electron chi connectivity index (χ3n) is 3.24. The Morgan fingerprint density at radius 3 is 3.33 bits per heavy atom. The molecule has 0 aromatic carbocycles. The van der Waals surface area contributed by atoms with E-state index in [1.54, 1.807) is 29.3 Å². The second-order valence-corrected chi connectivity index (χ2v) is 4.47. The highest BCUT2D eigenvalue weighted by Gasteiger charge is 2.17. The minimum Gasteiger partial charge on any atom is -0.350 e. The monoisotopic (exact) mass is 245 g/mol. The molecule has 3 rings (SSSR count). The van der Waals surface area contributed by atoms with E-state index >= 15 is 0 Å². The van der Waals surface area contributed by atoms with Gasteiger partial charge in [-0.3, -0.25) is 9.78 Å². The summed E-state index contributed by atoms with van der Waals surface area (Å²) in [6, 6.07) is 0.397. The van der Waals surface area contributed by atoms with Crippen molar-refractivity contribution in [1.82, 2.24) is 25.2 Å². The molecule has 0 saturated carbocycles. The van der Waals surface area contributed by atoms with E-state index in [0.717, 1.165) is 18.5 Å². The molecule has 0 bridgehead atoms. The number of nitrogens with zero attached hydrogens (tertiary/aromatic N) is 3. The molecule has 6 nitrogen and oxygen atoms in total. The SMILES string of the molecule is O=C(NCC1CCCN1)c1cnn2ccncc12. The minimum absolute atomic E-state index is 0.0910. The summed E-state index contributed by atoms with van der Waals surface area (Å²) >= 11 is 0. The Kier molecular flexibility index (Phi) is 2.93. The summed E-state index contributed by atoms with van der Waals surface area (Å²) in [5.74, 6) is -0.0910. The lowest BCUT2D eigenvalue weighted by molar-refractivity contribution is 0.0952. The molecule has 2 N–H and O–H groups in total. The van der Waals surface area contributed by atoms with E-state index in [2.05, 4.69) is 20.7 Å². The third kappa shape index (κ3) is 2.06. The maximum absolute atomic E-state index is 12.1. The van der Waals surface area contributed by atoms with Crippen molar-refractivity contribution in [3.05, 3.63) is 30.4 Å². The highest BCUT2D eigenvalue weighted by Crippen LogP contribution is 2.09. The first kappa shape index (κ1) is 11.2. The summed E-state index contributed by atoms with van der Waals surface area (Å²) in [6.07, 6.45) is 8.90. The van der Waals surface area contributed by atoms with Gasteiger partial charge in [0.1, 0.15) is 0 Å². The van der Waals surface area contributed by atoms with Gasteiger partial charge in [0.2, 0.25) is 0 Å². The van der Waals surface area contributed by atoms with Crippen LogP contribution < -0.4 is 10.6 Å². The van der Waals surface area contributed by atoms with Gasteiger partial charge in [0.15, 0.2) is 0 Å². The van der Waals surface area contributed by atoms with Crippen molar-refractivity contribution < 1.29 is 4.79 Å². The maximum atomic E-state index is 12.1. The molecule has 1 fully saturated rings. The number of hydrogen-bond acceptors (Lipinski definition) is 4. The maximum Gasteiger partial charge on any atom is 0.255 e. The van der Waals surface area contributed by atoms with Gasteiger partial charge in [-0.15, -0.1) is 0 Å². The molecule has 3 heterocycles. The Morgan fingerprint density at radius 2 is 2.50 bits per heavy atom. The molecule has 2 aromatic rings. The first-order valence-corrected chi connectivity index (χ1v) is 6.13. The van der Waals surface area contributed by atoms with Crippen molar-refractivity contribution in [2.45, 2.75) is 18.9 Å². The molecule has 2 aromatic heterocycles. The average molecular weight is 245 g/mol. The van der Waals surface area contributed by atoms with Crippen molar-refractivity contribution in [1.29, 1.82) is 0 Å². The Bertz CT molecular complexity index is 558. The first-order chi connectivity index (χ1) is 8.84. The van der Waals surface area contributed by atoms with Crippen molar-refractivity contribution >= 4 is 11.4 Å². The first-order valence-electron chi connectivity index (χ1n) is 6.13. The van der Waals surface area contributed by atoms with Crippen LogP contribution in [0.3, 0.4) is 0 Å². The van der Waals surface area contributed by atoms with Gasteiger partial charge >= 0.3 is 0 Å². The Balaban J connectivity index is 1.71. The Labute approximate surface area is 104 Å². The third-order valence-corrected chi connectivity index (χ3v) is 3.24. The number of nitrogens with one attached hydrogen (secondary N) is 2. The molecule has 0 aliphatic carbocycles. The van der Waals surface area contributed by atoms with Gasteiger partial charge in [-0.2, -0.15) is 5.10 Å². The zero-order chi connectivity index (χ0) is 12.4. The van der Waals surface area contributed by atoms with Crippen LogP contribution in [0.4, 0.5) is 0 Å². The Morgan fingerprint density at radius 1 is 1.56 bits per heavy atom. The quantitative estimate of drug-likeness (QED) is 0.811. The van der Waals surface area contributed by atoms with E-state index in [1.165, 1.54) is 6.42 Å². The standard InChI is InChI=1S/C12H15N5O/c18-12(15-6-9-2-1-3-14-9)10-7-16-17-5-4-13-8-11(10)17/h4-5,7-9,14H,1-3,6H2,(H,15,18). The highest BCUT2D eigenvalue weighted by molar-refractivity contribution is 6.00. The molecular weight excluding hydrogens is 230 g/mol. The minimum atomic E-state index is -0.0910. The van der Waals surface area contributed by atoms with Crippen molar-refractivity contribution in [3.63, 3.8) is 0 Å². The van der Waals surface area contributed by atoms with Gasteiger partial charge < -0.3 is 10.6 Å². The molecule has 1 amide bonds. The average Bonchev–Trinajstić information content (AvgIpc) is 3.05. The smallest absolute Gasteiger partial charge is 0.255 e. The second kappa shape index (κ2) is 4.73. The van der Waals surface area contributed by atoms with Crippen LogP contribution in [0.2, 0.25) is 0 Å². The summed E-state index contributed by atoms with van der Waals surface area (Å²) in [5, 5.41) is 10.4. The number of fused-ring (bicyclic) bond motifs is 1. The van der Waals surface area contributed by atoms with Crippen LogP contribution in [0.15, 0.2) is 24.8 Å². The van der Waals surface area contributed by atoms with E-state index in [4.69, 9.17) is 0 Å². The van der Waals surface area contributed by atoms with Crippen LogP contribution >= 0.6 is 0 Å². The molecule has 0 radical (unpaired) electrons. The summed E-state index contributed by atoms with van der Waals surface area (Å²) in [7, 11) is 0. The number of carbonyl (C=O) groups excluding carboxylic acids is 1. The van der Waals surface area contributed by atoms with E-state index in [0.29, 0.717) is 18.2 Å². The van der Waals surface area contributed by atoms with Gasteiger partial charge in [-0.05, 0) is 19.4 Å². The summed E-state index contributed by atoms with van der Waals surface area (Å²) in [4.78, 5) is 16.1. The van der Waals surface area contributed by atoms with Gasteiger partial charge in [-0.25, -0.2) is 4.52 Å². The van der Waals surface area contributed by atoms with Crippen molar-refractivity contribution in [3.8, 4) is 0 Å². The molecule has 18 heavy (non-hydrogen) atoms. The molecule has 1 aliphatic rings. The lowest BCUT2D eigenvalue weighted by atomic mass is 10.2. The molecule has 94 valence electrons. The number of carbonyl (C=O) groups is 1. The molecule has 0 spiro atoms. The summed E-state index contributed by atoms with van der Waals surface area (Å²) in [6.45, 7) is 1.71. The van der Waals surface area contributed by atoms with Crippen LogP contribution in [0.1, 0.15) is 23.2 Å². The van der Waals surface area contributed by atoms with E-state index < -0.39 is 0 Å². The zero-order valence-corrected chi connectivity index (χ0v) is 9.97. The van der Waals surface area contributed by atoms with E-state index in [-0.39, 0.29) is 5.91 Å². The molecule has 1 aliphatic heterocycles. The fourth-order valence-electron chi connectivity index (χ4n) is 2.25.